The number of nitrogens with zero attached hydrogens (tertiary/aromatic N) is 1. The van der Waals surface area contributed by atoms with E-state index < -0.39 is 0 Å². The lowest BCUT2D eigenvalue weighted by Crippen LogP contribution is -2.14. The smallest absolute Gasteiger partial charge is 0.138 e. The van der Waals surface area contributed by atoms with Crippen LogP contribution in [-0.2, 0) is 0 Å². The van der Waals surface area contributed by atoms with Gasteiger partial charge in [-0.2, -0.15) is 0 Å². The van der Waals surface area contributed by atoms with E-state index in [0.29, 0.717) is 28.9 Å². The topological polar surface area (TPSA) is 33.6 Å². The highest BCUT2D eigenvalue weighted by atomic mass is 35.5. The first-order chi connectivity index (χ1) is 11.5. The van der Waals surface area contributed by atoms with Crippen LogP contribution >= 0.6 is 34.8 Å². The van der Waals surface area contributed by atoms with Crippen molar-refractivity contribution in [3.05, 3.63) is 57.0 Å². The van der Waals surface area contributed by atoms with Crippen LogP contribution in [0.25, 0.3) is 0 Å². The number of amidine groups is 1. The third kappa shape index (κ3) is 5.59. The maximum absolute atomic E-state index is 6.07. The summed E-state index contributed by atoms with van der Waals surface area (Å²) in [6.45, 7) is 5.02. The number of hydrogen-bond acceptors (Lipinski definition) is 2. The van der Waals surface area contributed by atoms with Crippen molar-refractivity contribution < 1.29 is 4.74 Å². The monoisotopic (exact) mass is 384 g/mol. The molecule has 6 heteroatoms. The van der Waals surface area contributed by atoms with Gasteiger partial charge in [-0.25, -0.2) is 0 Å². The number of benzene rings is 2. The van der Waals surface area contributed by atoms with Crippen molar-refractivity contribution in [2.24, 2.45) is 4.99 Å². The molecule has 3 nitrogen and oxygen atoms in total. The molecule has 0 fully saturated rings. The maximum Gasteiger partial charge on any atom is 0.138 e. The maximum atomic E-state index is 6.07. The number of anilines is 1. The van der Waals surface area contributed by atoms with Crippen LogP contribution < -0.4 is 10.1 Å². The van der Waals surface area contributed by atoms with Crippen molar-refractivity contribution in [1.82, 2.24) is 0 Å². The normalized spacial score (nSPS) is 11.5. The van der Waals surface area contributed by atoms with Crippen molar-refractivity contribution in [1.29, 1.82) is 0 Å². The number of ether oxygens (including phenoxy) is 1. The lowest BCUT2D eigenvalue weighted by molar-refractivity contribution is 0.329. The summed E-state index contributed by atoms with van der Waals surface area (Å²) in [6.07, 6.45) is 0.795. The summed E-state index contributed by atoms with van der Waals surface area (Å²) < 4.78 is 5.63. The van der Waals surface area contributed by atoms with Gasteiger partial charge in [0.2, 0.25) is 0 Å². The molecule has 0 spiro atoms. The molecule has 0 bridgehead atoms. The average molecular weight is 386 g/mol. The van der Waals surface area contributed by atoms with E-state index in [9.17, 15) is 0 Å². The fraction of sp³-hybridized carbons (Fsp3) is 0.278. The fourth-order valence-electron chi connectivity index (χ4n) is 2.09. The van der Waals surface area contributed by atoms with Crippen LogP contribution in [0.2, 0.25) is 15.1 Å². The summed E-state index contributed by atoms with van der Waals surface area (Å²) in [5.74, 6) is 1.50. The molecular formula is C18H19Cl3N2O. The molecule has 0 aliphatic rings. The molecule has 0 heterocycles. The second-order valence-corrected chi connectivity index (χ2v) is 6.47. The first-order valence-electron chi connectivity index (χ1n) is 7.64. The van der Waals surface area contributed by atoms with Crippen molar-refractivity contribution >= 4 is 46.3 Å². The number of hydrogen-bond donors (Lipinski definition) is 1. The predicted octanol–water partition coefficient (Wildman–Crippen LogP) is 6.25. The molecule has 2 aromatic carbocycles. The lowest BCUT2D eigenvalue weighted by atomic mass is 10.2. The van der Waals surface area contributed by atoms with Crippen LogP contribution in [0.5, 0.6) is 5.75 Å². The number of nitrogens with one attached hydrogen (secondary N) is 1. The highest BCUT2D eigenvalue weighted by Crippen LogP contribution is 2.27. The van der Waals surface area contributed by atoms with E-state index in [4.69, 9.17) is 39.5 Å². The molecule has 2 aromatic rings. The Bertz CT molecular complexity index is 732. The SMILES string of the molecule is CCC(=NCCOc1ccc(Cl)cc1Cl)Nc1ccc(Cl)cc1C. The Kier molecular flexibility index (Phi) is 7.22. The third-order valence-electron chi connectivity index (χ3n) is 3.35. The number of rotatable bonds is 6. The zero-order valence-corrected chi connectivity index (χ0v) is 15.8. The van der Waals surface area contributed by atoms with Crippen molar-refractivity contribution in [2.45, 2.75) is 20.3 Å². The average Bonchev–Trinajstić information content (AvgIpc) is 2.54. The van der Waals surface area contributed by atoms with E-state index in [1.165, 1.54) is 0 Å². The molecule has 128 valence electrons. The Morgan fingerprint density at radius 1 is 1.08 bits per heavy atom. The Morgan fingerprint density at radius 3 is 2.46 bits per heavy atom. The molecule has 0 atom stereocenters. The minimum atomic E-state index is 0.437. The first-order valence-corrected chi connectivity index (χ1v) is 8.77. The number of aliphatic imine (C=N–C) groups is 1. The van der Waals surface area contributed by atoms with E-state index >= 15 is 0 Å². The van der Waals surface area contributed by atoms with Gasteiger partial charge in [-0.3, -0.25) is 4.99 Å². The van der Waals surface area contributed by atoms with Crippen LogP contribution in [0, 0.1) is 6.92 Å². The van der Waals surface area contributed by atoms with E-state index in [0.717, 1.165) is 28.5 Å². The molecule has 0 unspecified atom stereocenters. The standard InChI is InChI=1S/C18H19Cl3N2O/c1-3-18(23-16-6-4-13(19)10-12(16)2)22-8-9-24-17-7-5-14(20)11-15(17)21/h4-7,10-11H,3,8-9H2,1-2H3,(H,22,23). The molecule has 0 saturated heterocycles. The van der Waals surface area contributed by atoms with Crippen LogP contribution in [0.1, 0.15) is 18.9 Å². The molecule has 1 N–H and O–H groups in total. The van der Waals surface area contributed by atoms with Crippen LogP contribution in [0.15, 0.2) is 41.4 Å². The van der Waals surface area contributed by atoms with E-state index in [1.807, 2.05) is 32.0 Å². The van der Waals surface area contributed by atoms with Gasteiger partial charge in [0.25, 0.3) is 0 Å². The summed E-state index contributed by atoms with van der Waals surface area (Å²) in [5, 5.41) is 5.14. The highest BCUT2D eigenvalue weighted by Gasteiger charge is 2.04. The van der Waals surface area contributed by atoms with Crippen molar-refractivity contribution in [3.63, 3.8) is 0 Å². The molecule has 0 aromatic heterocycles. The van der Waals surface area contributed by atoms with E-state index in [2.05, 4.69) is 10.3 Å². The Balaban J connectivity index is 1.91. The third-order valence-corrected chi connectivity index (χ3v) is 4.11. The van der Waals surface area contributed by atoms with E-state index in [-0.39, 0.29) is 0 Å². The van der Waals surface area contributed by atoms with Crippen molar-refractivity contribution in [2.75, 3.05) is 18.5 Å². The highest BCUT2D eigenvalue weighted by molar-refractivity contribution is 6.35. The second kappa shape index (κ2) is 9.16. The van der Waals surface area contributed by atoms with Crippen molar-refractivity contribution in [3.8, 4) is 5.75 Å². The quantitative estimate of drug-likeness (QED) is 0.362. The van der Waals surface area contributed by atoms with Crippen LogP contribution in [0.4, 0.5) is 5.69 Å². The van der Waals surface area contributed by atoms with Gasteiger partial charge in [0.15, 0.2) is 0 Å². The lowest BCUT2D eigenvalue weighted by Gasteiger charge is -2.12. The zero-order valence-electron chi connectivity index (χ0n) is 13.6. The van der Waals surface area contributed by atoms with Gasteiger partial charge >= 0.3 is 0 Å². The van der Waals surface area contributed by atoms with Gasteiger partial charge in [-0.15, -0.1) is 0 Å². The molecule has 0 radical (unpaired) electrons. The minimum Gasteiger partial charge on any atom is -0.490 e. The molecule has 2 rings (SSSR count). The summed E-state index contributed by atoms with van der Waals surface area (Å²) in [6, 6.07) is 10.9. The molecule has 0 saturated carbocycles. The molecule has 0 amide bonds. The minimum absolute atomic E-state index is 0.437. The summed E-state index contributed by atoms with van der Waals surface area (Å²) in [5.41, 5.74) is 2.08. The second-order valence-electron chi connectivity index (χ2n) is 5.19. The largest absolute Gasteiger partial charge is 0.490 e. The molecule has 0 aliphatic carbocycles. The Morgan fingerprint density at radius 2 is 1.79 bits per heavy atom. The van der Waals surface area contributed by atoms with Gasteiger partial charge in [0, 0.05) is 22.2 Å². The summed E-state index contributed by atoms with van der Waals surface area (Å²) >= 11 is 17.9. The number of halogens is 3. The fourth-order valence-corrected chi connectivity index (χ4v) is 2.78. The van der Waals surface area contributed by atoms with Crippen LogP contribution in [-0.4, -0.2) is 19.0 Å². The van der Waals surface area contributed by atoms with Gasteiger partial charge in [0.05, 0.1) is 11.6 Å². The Labute approximate surface area is 157 Å². The summed E-state index contributed by atoms with van der Waals surface area (Å²) in [7, 11) is 0. The molecular weight excluding hydrogens is 367 g/mol. The van der Waals surface area contributed by atoms with Gasteiger partial charge < -0.3 is 10.1 Å². The van der Waals surface area contributed by atoms with Gasteiger partial charge in [0.1, 0.15) is 18.2 Å². The van der Waals surface area contributed by atoms with Crippen LogP contribution in [0.3, 0.4) is 0 Å². The van der Waals surface area contributed by atoms with E-state index in [1.54, 1.807) is 18.2 Å². The zero-order chi connectivity index (χ0) is 17.5. The molecule has 24 heavy (non-hydrogen) atoms. The molecule has 0 aliphatic heterocycles. The predicted molar refractivity (Wildman–Crippen MR) is 104 cm³/mol. The number of aryl methyl sites for hydroxylation is 1. The Hall–Kier alpha value is -1.42. The van der Waals surface area contributed by atoms with Gasteiger partial charge in [-0.05, 0) is 48.9 Å². The first kappa shape index (κ1) is 18.9. The van der Waals surface area contributed by atoms with Gasteiger partial charge in [-0.1, -0.05) is 41.7 Å². The summed E-state index contributed by atoms with van der Waals surface area (Å²) in [4.78, 5) is 4.54.